The van der Waals surface area contributed by atoms with Crippen LogP contribution >= 0.6 is 11.3 Å². The van der Waals surface area contributed by atoms with Crippen molar-refractivity contribution >= 4 is 34.8 Å². The topological polar surface area (TPSA) is 87.2 Å². The van der Waals surface area contributed by atoms with Crippen LogP contribution in [0.5, 0.6) is 0 Å². The van der Waals surface area contributed by atoms with E-state index in [1.54, 1.807) is 23.0 Å². The van der Waals surface area contributed by atoms with E-state index < -0.39 is 5.97 Å². The first-order valence-corrected chi connectivity index (χ1v) is 13.8. The lowest BCUT2D eigenvalue weighted by Crippen LogP contribution is -2.49. The zero-order chi connectivity index (χ0) is 26.5. The van der Waals surface area contributed by atoms with Gasteiger partial charge in [-0.3, -0.25) is 9.59 Å². The van der Waals surface area contributed by atoms with Crippen molar-refractivity contribution in [3.05, 3.63) is 15.8 Å². The Hall–Kier alpha value is -2.37. The van der Waals surface area contributed by atoms with Crippen LogP contribution in [0.2, 0.25) is 0 Å². The summed E-state index contributed by atoms with van der Waals surface area (Å²) in [6, 6.07) is 1.73. The lowest BCUT2D eigenvalue weighted by molar-refractivity contribution is -0.138. The van der Waals surface area contributed by atoms with Gasteiger partial charge in [0, 0.05) is 38.1 Å². The molecule has 1 saturated heterocycles. The highest BCUT2D eigenvalue weighted by atomic mass is 32.1. The predicted molar refractivity (Wildman–Crippen MR) is 142 cm³/mol. The summed E-state index contributed by atoms with van der Waals surface area (Å²) in [5.41, 5.74) is 0.137. The number of thiophene rings is 1. The number of carbonyl (C=O) groups is 3. The van der Waals surface area contributed by atoms with Gasteiger partial charge < -0.3 is 19.6 Å². The SMILES string of the molecule is COCCN1CCCC(CN(C(=O)C2CCC(C)CC2)c2cc(C#CC(C)(C)C)sc2C(=O)O)C1=O. The first-order chi connectivity index (χ1) is 17.0. The van der Waals surface area contributed by atoms with Crippen molar-refractivity contribution in [3.8, 4) is 11.8 Å². The number of hydrogen-bond acceptors (Lipinski definition) is 5. The van der Waals surface area contributed by atoms with E-state index in [0.717, 1.165) is 43.4 Å². The second kappa shape index (κ2) is 12.2. The van der Waals surface area contributed by atoms with Gasteiger partial charge in [0.15, 0.2) is 0 Å². The van der Waals surface area contributed by atoms with Crippen LogP contribution in [0.4, 0.5) is 5.69 Å². The molecular weight excluding hydrogens is 476 g/mol. The van der Waals surface area contributed by atoms with Crippen molar-refractivity contribution in [2.75, 3.05) is 38.3 Å². The minimum Gasteiger partial charge on any atom is -0.477 e. The second-order valence-corrected chi connectivity index (χ2v) is 12.2. The van der Waals surface area contributed by atoms with Gasteiger partial charge in [0.2, 0.25) is 11.8 Å². The maximum Gasteiger partial charge on any atom is 0.348 e. The van der Waals surface area contributed by atoms with E-state index in [-0.39, 0.29) is 40.5 Å². The Kier molecular flexibility index (Phi) is 9.59. The van der Waals surface area contributed by atoms with Gasteiger partial charge in [0.05, 0.1) is 23.1 Å². The smallest absolute Gasteiger partial charge is 0.348 e. The third-order valence-electron chi connectivity index (χ3n) is 7.00. The second-order valence-electron chi connectivity index (χ2n) is 11.2. The number of likely N-dealkylation sites (tertiary alicyclic amines) is 1. The average Bonchev–Trinajstić information content (AvgIpc) is 3.25. The molecule has 2 aliphatic rings. The molecule has 8 heteroatoms. The molecule has 3 rings (SSSR count). The summed E-state index contributed by atoms with van der Waals surface area (Å²) in [5, 5.41) is 10.0. The molecule has 1 N–H and O–H groups in total. The highest BCUT2D eigenvalue weighted by Crippen LogP contribution is 2.36. The van der Waals surface area contributed by atoms with Crippen LogP contribution in [0, 0.1) is 35.0 Å². The summed E-state index contributed by atoms with van der Waals surface area (Å²) in [7, 11) is 1.61. The van der Waals surface area contributed by atoms with Crippen LogP contribution in [0.1, 0.15) is 80.8 Å². The first kappa shape index (κ1) is 28.2. The molecule has 1 unspecified atom stereocenters. The summed E-state index contributed by atoms with van der Waals surface area (Å²) in [6.45, 7) is 10.0. The van der Waals surface area contributed by atoms with Crippen molar-refractivity contribution in [2.45, 2.75) is 66.2 Å². The van der Waals surface area contributed by atoms with E-state index >= 15 is 0 Å². The Bertz CT molecular complexity index is 1010. The maximum absolute atomic E-state index is 13.9. The van der Waals surface area contributed by atoms with Crippen molar-refractivity contribution in [3.63, 3.8) is 0 Å². The van der Waals surface area contributed by atoms with Gasteiger partial charge in [-0.2, -0.15) is 0 Å². The Morgan fingerprint density at radius 3 is 2.53 bits per heavy atom. The normalized spacial score (nSPS) is 22.6. The Balaban J connectivity index is 1.96. The van der Waals surface area contributed by atoms with Crippen LogP contribution < -0.4 is 4.90 Å². The van der Waals surface area contributed by atoms with E-state index in [0.29, 0.717) is 42.6 Å². The van der Waals surface area contributed by atoms with Crippen molar-refractivity contribution in [1.82, 2.24) is 4.90 Å². The number of anilines is 1. The number of carbonyl (C=O) groups excluding carboxylic acids is 2. The highest BCUT2D eigenvalue weighted by molar-refractivity contribution is 7.15. The Labute approximate surface area is 219 Å². The number of carboxylic acid groups (broad SMARTS) is 1. The zero-order valence-electron chi connectivity index (χ0n) is 22.3. The van der Waals surface area contributed by atoms with Crippen LogP contribution in [0.3, 0.4) is 0 Å². The maximum atomic E-state index is 13.9. The summed E-state index contributed by atoms with van der Waals surface area (Å²) in [4.78, 5) is 43.5. The van der Waals surface area contributed by atoms with Crippen LogP contribution in [-0.4, -0.2) is 61.1 Å². The monoisotopic (exact) mass is 516 g/mol. The van der Waals surface area contributed by atoms with Crippen molar-refractivity contribution < 1.29 is 24.2 Å². The van der Waals surface area contributed by atoms with E-state index in [4.69, 9.17) is 4.74 Å². The number of hydrogen-bond donors (Lipinski definition) is 1. The van der Waals surface area contributed by atoms with E-state index in [1.807, 2.05) is 20.8 Å². The fraction of sp³-hybridized carbons (Fsp3) is 0.679. The predicted octanol–water partition coefficient (Wildman–Crippen LogP) is 4.89. The molecule has 0 spiro atoms. The van der Waals surface area contributed by atoms with E-state index in [9.17, 15) is 19.5 Å². The molecule has 7 nitrogen and oxygen atoms in total. The van der Waals surface area contributed by atoms with Crippen molar-refractivity contribution in [2.24, 2.45) is 23.2 Å². The zero-order valence-corrected chi connectivity index (χ0v) is 23.1. The molecule has 1 atom stereocenters. The first-order valence-electron chi connectivity index (χ1n) is 13.0. The Morgan fingerprint density at radius 2 is 1.92 bits per heavy atom. The molecule has 0 bridgehead atoms. The number of nitrogens with zero attached hydrogens (tertiary/aromatic N) is 2. The lowest BCUT2D eigenvalue weighted by atomic mass is 9.82. The number of carboxylic acids is 1. The molecule has 2 amide bonds. The summed E-state index contributed by atoms with van der Waals surface area (Å²) < 4.78 is 5.16. The summed E-state index contributed by atoms with van der Waals surface area (Å²) in [5.74, 6) is 5.18. The van der Waals surface area contributed by atoms with Crippen LogP contribution in [0.25, 0.3) is 0 Å². The fourth-order valence-electron chi connectivity index (χ4n) is 4.91. The standard InChI is InChI=1S/C28H40N2O5S/c1-19-8-10-20(11-9-19)26(32)30(18-21-7-6-14-29(25(21)31)15-16-35-5)23-17-22(12-13-28(2,3)4)36-24(23)27(33)34/h17,19-21H,6-11,14-16,18H2,1-5H3,(H,33,34). The molecule has 2 heterocycles. The highest BCUT2D eigenvalue weighted by Gasteiger charge is 2.36. The molecule has 0 radical (unpaired) electrons. The van der Waals surface area contributed by atoms with E-state index in [2.05, 4.69) is 18.8 Å². The van der Waals surface area contributed by atoms with Gasteiger partial charge in [-0.25, -0.2) is 4.79 Å². The molecule has 2 fully saturated rings. The molecule has 1 saturated carbocycles. The molecule has 36 heavy (non-hydrogen) atoms. The minimum atomic E-state index is -1.08. The molecule has 198 valence electrons. The molecule has 1 aliphatic heterocycles. The number of aromatic carboxylic acids is 1. The van der Waals surface area contributed by atoms with Crippen molar-refractivity contribution in [1.29, 1.82) is 0 Å². The quantitative estimate of drug-likeness (QED) is 0.497. The van der Waals surface area contributed by atoms with Gasteiger partial charge in [-0.1, -0.05) is 18.8 Å². The van der Waals surface area contributed by atoms with Gasteiger partial charge in [-0.05, 0) is 71.3 Å². The number of amides is 2. The van der Waals surface area contributed by atoms with Gasteiger partial charge in [-0.15, -0.1) is 11.3 Å². The number of ether oxygens (including phenoxy) is 1. The average molecular weight is 517 g/mol. The summed E-state index contributed by atoms with van der Waals surface area (Å²) >= 11 is 1.10. The van der Waals surface area contributed by atoms with Gasteiger partial charge >= 0.3 is 5.97 Å². The van der Waals surface area contributed by atoms with Crippen LogP contribution in [0.15, 0.2) is 6.07 Å². The van der Waals surface area contributed by atoms with E-state index in [1.165, 1.54) is 0 Å². The fourth-order valence-corrected chi connectivity index (χ4v) is 5.77. The third-order valence-corrected chi connectivity index (χ3v) is 8.03. The van der Waals surface area contributed by atoms with Crippen LogP contribution in [-0.2, 0) is 14.3 Å². The summed E-state index contributed by atoms with van der Waals surface area (Å²) in [6.07, 6.45) is 5.07. The number of methoxy groups -OCH3 is 1. The number of rotatable bonds is 8. The largest absolute Gasteiger partial charge is 0.477 e. The molecule has 0 aromatic carbocycles. The number of piperidine rings is 1. The molecule has 1 aromatic rings. The third kappa shape index (κ3) is 7.33. The minimum absolute atomic E-state index is 0.00761. The van der Waals surface area contributed by atoms with Gasteiger partial charge in [0.25, 0.3) is 0 Å². The van der Waals surface area contributed by atoms with Gasteiger partial charge in [0.1, 0.15) is 4.88 Å². The lowest BCUT2D eigenvalue weighted by Gasteiger charge is -2.37. The molecule has 1 aromatic heterocycles. The molecule has 1 aliphatic carbocycles. The molecular formula is C28H40N2O5S. The Morgan fingerprint density at radius 1 is 1.22 bits per heavy atom.